The van der Waals surface area contributed by atoms with Gasteiger partial charge in [0.1, 0.15) is 6.04 Å². The first-order valence-electron chi connectivity index (χ1n) is 7.18. The molecule has 0 aliphatic heterocycles. The van der Waals surface area contributed by atoms with E-state index in [4.69, 9.17) is 16.6 Å². The van der Waals surface area contributed by atoms with E-state index in [0.717, 1.165) is 0 Å². The van der Waals surface area contributed by atoms with Crippen molar-refractivity contribution in [1.29, 1.82) is 0 Å². The Kier molecular flexibility index (Phi) is 10.9. The van der Waals surface area contributed by atoms with Gasteiger partial charge in [0, 0.05) is 13.0 Å². The summed E-state index contributed by atoms with van der Waals surface area (Å²) in [6, 6.07) is -0.930. The molecule has 6 N–H and O–H groups in total. The smallest absolute Gasteiger partial charge is 0.320 e. The van der Waals surface area contributed by atoms with E-state index in [0.29, 0.717) is 25.7 Å². The van der Waals surface area contributed by atoms with Crippen LogP contribution in [0.1, 0.15) is 38.5 Å². The summed E-state index contributed by atoms with van der Waals surface area (Å²) < 4.78 is 0. The molecular weight excluding hydrogens is 310 g/mol. The van der Waals surface area contributed by atoms with Crippen molar-refractivity contribution in [3.63, 3.8) is 0 Å². The van der Waals surface area contributed by atoms with Crippen LogP contribution in [0.4, 0.5) is 0 Å². The molecule has 0 fully saturated rings. The number of carboxylic acid groups (broad SMARTS) is 1. The quantitative estimate of drug-likeness (QED) is 0.120. The average molecular weight is 333 g/mol. The van der Waals surface area contributed by atoms with Gasteiger partial charge in [0.25, 0.3) is 5.09 Å². The van der Waals surface area contributed by atoms with Crippen molar-refractivity contribution in [2.75, 3.05) is 13.2 Å². The molecule has 0 radical (unpaired) electrons. The lowest BCUT2D eigenvalue weighted by Crippen LogP contribution is -2.37. The largest absolute Gasteiger partial charge is 0.480 e. The molecule has 0 bridgehead atoms. The third-order valence-electron chi connectivity index (χ3n) is 2.78. The lowest BCUT2D eigenvalue weighted by molar-refractivity contribution is -0.757. The lowest BCUT2D eigenvalue weighted by atomic mass is 10.2. The van der Waals surface area contributed by atoms with Crippen molar-refractivity contribution in [3.8, 4) is 0 Å². The number of unbranched alkanes of at least 4 members (excludes halogenated alkanes) is 2. The van der Waals surface area contributed by atoms with Crippen molar-refractivity contribution in [2.45, 2.75) is 44.6 Å². The Morgan fingerprint density at radius 3 is 2.61 bits per heavy atom. The SMILES string of the molecule is NC(=NCCCC(N)C(=O)O)NC(=O)CCCCCO[N+](=O)[O-]. The van der Waals surface area contributed by atoms with Gasteiger partial charge in [-0.1, -0.05) is 6.42 Å². The van der Waals surface area contributed by atoms with Gasteiger partial charge in [-0.3, -0.25) is 19.9 Å². The number of aliphatic carboxylic acids is 1. The molecule has 132 valence electrons. The normalized spacial score (nSPS) is 12.5. The van der Waals surface area contributed by atoms with Gasteiger partial charge in [0.15, 0.2) is 5.96 Å². The van der Waals surface area contributed by atoms with Crippen molar-refractivity contribution in [3.05, 3.63) is 10.1 Å². The fraction of sp³-hybridized carbons (Fsp3) is 0.750. The summed E-state index contributed by atoms with van der Waals surface area (Å²) in [4.78, 5) is 39.9. The highest BCUT2D eigenvalue weighted by Gasteiger charge is 2.10. The van der Waals surface area contributed by atoms with E-state index in [1.807, 2.05) is 0 Å². The third-order valence-corrected chi connectivity index (χ3v) is 2.78. The molecule has 0 aromatic rings. The van der Waals surface area contributed by atoms with E-state index in [9.17, 15) is 19.7 Å². The second kappa shape index (κ2) is 12.1. The molecule has 0 aliphatic rings. The van der Waals surface area contributed by atoms with Crippen LogP contribution in [0.15, 0.2) is 4.99 Å². The van der Waals surface area contributed by atoms with E-state index >= 15 is 0 Å². The van der Waals surface area contributed by atoms with Gasteiger partial charge in [-0.05, 0) is 25.7 Å². The van der Waals surface area contributed by atoms with E-state index < -0.39 is 17.1 Å². The predicted molar refractivity (Wildman–Crippen MR) is 80.9 cm³/mol. The number of guanidine groups is 1. The van der Waals surface area contributed by atoms with Crippen LogP contribution >= 0.6 is 0 Å². The summed E-state index contributed by atoms with van der Waals surface area (Å²) >= 11 is 0. The first-order valence-corrected chi connectivity index (χ1v) is 7.18. The zero-order valence-electron chi connectivity index (χ0n) is 12.8. The van der Waals surface area contributed by atoms with Gasteiger partial charge in [-0.2, -0.15) is 0 Å². The van der Waals surface area contributed by atoms with Gasteiger partial charge in [0.05, 0.1) is 6.61 Å². The van der Waals surface area contributed by atoms with E-state index in [-0.39, 0.29) is 37.9 Å². The molecule has 0 saturated carbocycles. The number of aliphatic imine (C=N–C) groups is 1. The first kappa shape index (κ1) is 20.6. The highest BCUT2D eigenvalue weighted by Crippen LogP contribution is 2.00. The summed E-state index contributed by atoms with van der Waals surface area (Å²) in [7, 11) is 0. The highest BCUT2D eigenvalue weighted by atomic mass is 16.9. The van der Waals surface area contributed by atoms with E-state index in [2.05, 4.69) is 15.1 Å². The van der Waals surface area contributed by atoms with Gasteiger partial charge >= 0.3 is 5.97 Å². The Hall–Kier alpha value is -2.43. The van der Waals surface area contributed by atoms with Gasteiger partial charge in [0.2, 0.25) is 5.91 Å². The molecule has 1 unspecified atom stereocenters. The van der Waals surface area contributed by atoms with Crippen LogP contribution in [-0.2, 0) is 14.4 Å². The number of nitrogens with one attached hydrogen (secondary N) is 1. The van der Waals surface area contributed by atoms with Crippen LogP contribution in [0.25, 0.3) is 0 Å². The van der Waals surface area contributed by atoms with Crippen molar-refractivity contribution < 1.29 is 24.6 Å². The van der Waals surface area contributed by atoms with Crippen LogP contribution in [-0.4, -0.2) is 47.2 Å². The maximum Gasteiger partial charge on any atom is 0.320 e. The Morgan fingerprint density at radius 1 is 1.30 bits per heavy atom. The first-order chi connectivity index (χ1) is 10.8. The molecular formula is C12H23N5O6. The summed E-state index contributed by atoms with van der Waals surface area (Å²) in [5.74, 6) is -1.40. The van der Waals surface area contributed by atoms with Crippen LogP contribution in [0, 0.1) is 10.1 Å². The minimum absolute atomic E-state index is 0.0106. The number of carbonyl (C=O) groups excluding carboxylic acids is 1. The molecule has 11 nitrogen and oxygen atoms in total. The number of nitrogens with two attached hydrogens (primary N) is 2. The molecule has 0 aromatic heterocycles. The van der Waals surface area contributed by atoms with Crippen molar-refractivity contribution >= 4 is 17.8 Å². The third kappa shape index (κ3) is 13.0. The predicted octanol–water partition coefficient (Wildman–Crippen LogP) is -0.622. The number of hydrogen-bond acceptors (Lipinski definition) is 7. The van der Waals surface area contributed by atoms with Crippen LogP contribution in [0.5, 0.6) is 0 Å². The van der Waals surface area contributed by atoms with Crippen LogP contribution in [0.3, 0.4) is 0 Å². The zero-order valence-corrected chi connectivity index (χ0v) is 12.8. The molecule has 0 heterocycles. The Labute approximate surface area is 133 Å². The number of carbonyl (C=O) groups is 2. The molecule has 0 spiro atoms. The molecule has 23 heavy (non-hydrogen) atoms. The Bertz CT molecular complexity index is 428. The monoisotopic (exact) mass is 333 g/mol. The fourth-order valence-corrected chi connectivity index (χ4v) is 1.58. The summed E-state index contributed by atoms with van der Waals surface area (Å²) in [6.07, 6.45) is 2.59. The molecule has 0 saturated heterocycles. The number of hydrogen-bond donors (Lipinski definition) is 4. The van der Waals surface area contributed by atoms with Crippen LogP contribution < -0.4 is 16.8 Å². The molecule has 0 aromatic carbocycles. The van der Waals surface area contributed by atoms with E-state index in [1.54, 1.807) is 0 Å². The Morgan fingerprint density at radius 2 is 2.00 bits per heavy atom. The molecule has 0 rings (SSSR count). The number of amides is 1. The van der Waals surface area contributed by atoms with E-state index in [1.165, 1.54) is 0 Å². The molecule has 1 atom stereocenters. The second-order valence-corrected chi connectivity index (χ2v) is 4.77. The van der Waals surface area contributed by atoms with Gasteiger partial charge < -0.3 is 21.4 Å². The minimum atomic E-state index is -1.07. The highest BCUT2D eigenvalue weighted by molar-refractivity contribution is 5.96. The second-order valence-electron chi connectivity index (χ2n) is 4.77. The minimum Gasteiger partial charge on any atom is -0.480 e. The molecule has 0 aliphatic carbocycles. The average Bonchev–Trinajstić information content (AvgIpc) is 2.46. The topological polar surface area (TPSA) is 183 Å². The molecule has 11 heteroatoms. The summed E-state index contributed by atoms with van der Waals surface area (Å²) in [6.45, 7) is 0.280. The molecule has 1 amide bonds. The standard InChI is InChI=1S/C12H23N5O6/c13-9(11(19)20)5-4-7-15-12(14)16-10(18)6-2-1-3-8-23-17(21)22/h9H,1-8,13H2,(H,19,20)(H3,14,15,16,18). The zero-order chi connectivity index (χ0) is 17.7. The lowest BCUT2D eigenvalue weighted by Gasteiger charge is -2.06. The Balaban J connectivity index is 3.69. The van der Waals surface area contributed by atoms with Crippen molar-refractivity contribution in [2.24, 2.45) is 16.5 Å². The van der Waals surface area contributed by atoms with Crippen molar-refractivity contribution in [1.82, 2.24) is 5.32 Å². The number of rotatable bonds is 12. The number of nitrogens with zero attached hydrogens (tertiary/aromatic N) is 2. The fourth-order valence-electron chi connectivity index (χ4n) is 1.58. The number of carboxylic acids is 1. The van der Waals surface area contributed by atoms with Crippen LogP contribution in [0.2, 0.25) is 0 Å². The van der Waals surface area contributed by atoms with Gasteiger partial charge in [-0.25, -0.2) is 0 Å². The maximum absolute atomic E-state index is 11.5. The van der Waals surface area contributed by atoms with Gasteiger partial charge in [-0.15, -0.1) is 10.1 Å². The maximum atomic E-state index is 11.5. The summed E-state index contributed by atoms with van der Waals surface area (Å²) in [5, 5.41) is 20.0. The summed E-state index contributed by atoms with van der Waals surface area (Å²) in [5.41, 5.74) is 10.8.